The zero-order valence-corrected chi connectivity index (χ0v) is 21.8. The predicted molar refractivity (Wildman–Crippen MR) is 148 cm³/mol. The summed E-state index contributed by atoms with van der Waals surface area (Å²) in [4.78, 5) is 17.0. The van der Waals surface area contributed by atoms with Crippen LogP contribution in [0.1, 0.15) is 43.2 Å². The molecule has 180 valence electrons. The molecule has 0 aliphatic heterocycles. The van der Waals surface area contributed by atoms with Gasteiger partial charge in [-0.15, -0.1) is 23.1 Å². The minimum absolute atomic E-state index is 0.0903. The molecule has 1 atom stereocenters. The number of carboxylic acids is 1. The van der Waals surface area contributed by atoms with E-state index in [2.05, 4.69) is 67.5 Å². The van der Waals surface area contributed by atoms with Gasteiger partial charge in [0, 0.05) is 16.5 Å². The van der Waals surface area contributed by atoms with E-state index in [-0.39, 0.29) is 5.41 Å². The van der Waals surface area contributed by atoms with Crippen molar-refractivity contribution in [1.29, 1.82) is 0 Å². The van der Waals surface area contributed by atoms with Crippen LogP contribution in [-0.2, 0) is 15.0 Å². The first-order chi connectivity index (χ1) is 16.8. The summed E-state index contributed by atoms with van der Waals surface area (Å²) in [5, 5.41) is 15.9. The number of benzene rings is 3. The van der Waals surface area contributed by atoms with E-state index in [9.17, 15) is 9.90 Å². The number of thiazole rings is 1. The Morgan fingerprint density at radius 2 is 1.34 bits per heavy atom. The predicted octanol–water partition coefficient (Wildman–Crippen LogP) is 7.03. The number of carbonyl (C=O) groups is 1. The van der Waals surface area contributed by atoms with Crippen LogP contribution in [0.15, 0.2) is 96.4 Å². The number of hydrogen-bond acceptors (Lipinski definition) is 5. The highest BCUT2D eigenvalue weighted by Gasteiger charge is 2.38. The molecule has 1 heterocycles. The molecule has 4 nitrogen and oxygen atoms in total. The maximum Gasteiger partial charge on any atom is 0.327 e. The second-order valence-electron chi connectivity index (χ2n) is 9.41. The lowest BCUT2D eigenvalue weighted by molar-refractivity contribution is -0.137. The van der Waals surface area contributed by atoms with Gasteiger partial charge in [-0.1, -0.05) is 112 Å². The molecule has 0 fully saturated rings. The maximum atomic E-state index is 12.3. The third-order valence-corrected chi connectivity index (χ3v) is 8.29. The van der Waals surface area contributed by atoms with Crippen molar-refractivity contribution in [3.63, 3.8) is 0 Å². The minimum Gasteiger partial charge on any atom is -0.480 e. The van der Waals surface area contributed by atoms with Gasteiger partial charge in [-0.3, -0.25) is 0 Å². The Kier molecular flexibility index (Phi) is 7.63. The van der Waals surface area contributed by atoms with Crippen molar-refractivity contribution in [3.8, 4) is 0 Å². The summed E-state index contributed by atoms with van der Waals surface area (Å²) in [5.41, 5.74) is 4.18. The van der Waals surface area contributed by atoms with Gasteiger partial charge in [0.05, 0.1) is 10.4 Å². The van der Waals surface area contributed by atoms with E-state index in [0.29, 0.717) is 10.9 Å². The van der Waals surface area contributed by atoms with Gasteiger partial charge in [0.15, 0.2) is 5.13 Å². The highest BCUT2D eigenvalue weighted by Crippen LogP contribution is 2.48. The molecule has 0 unspecified atom stereocenters. The average molecular weight is 503 g/mol. The SMILES string of the molecule is CC(C)(C)c1csc(N[C@@H](CSC(c2ccccc2)(c2ccccc2)c2ccccc2)C(=O)O)n1. The monoisotopic (exact) mass is 502 g/mol. The molecule has 0 saturated heterocycles. The summed E-state index contributed by atoms with van der Waals surface area (Å²) in [6, 6.07) is 30.1. The third kappa shape index (κ3) is 5.60. The molecule has 0 radical (unpaired) electrons. The number of rotatable bonds is 9. The number of hydrogen-bond donors (Lipinski definition) is 2. The van der Waals surface area contributed by atoms with Crippen molar-refractivity contribution in [3.05, 3.63) is 119 Å². The van der Waals surface area contributed by atoms with Crippen LogP contribution in [0.3, 0.4) is 0 Å². The molecule has 6 heteroatoms. The highest BCUT2D eigenvalue weighted by molar-refractivity contribution is 8.00. The number of anilines is 1. The second-order valence-corrected chi connectivity index (χ2v) is 11.5. The number of nitrogens with zero attached hydrogens (tertiary/aromatic N) is 1. The molecule has 0 amide bonds. The Bertz CT molecular complexity index is 1140. The van der Waals surface area contributed by atoms with Gasteiger partial charge in [-0.25, -0.2) is 9.78 Å². The van der Waals surface area contributed by atoms with Crippen LogP contribution in [0.4, 0.5) is 5.13 Å². The van der Waals surface area contributed by atoms with Crippen LogP contribution in [0.25, 0.3) is 0 Å². The van der Waals surface area contributed by atoms with Crippen LogP contribution in [0.2, 0.25) is 0 Å². The molecule has 0 saturated carbocycles. The topological polar surface area (TPSA) is 62.2 Å². The van der Waals surface area contributed by atoms with E-state index >= 15 is 0 Å². The molecule has 2 N–H and O–H groups in total. The second kappa shape index (κ2) is 10.7. The summed E-state index contributed by atoms with van der Waals surface area (Å²) < 4.78 is -0.571. The summed E-state index contributed by atoms with van der Waals surface area (Å²) in [6.45, 7) is 6.30. The van der Waals surface area contributed by atoms with Gasteiger partial charge in [-0.05, 0) is 16.7 Å². The van der Waals surface area contributed by atoms with Crippen LogP contribution in [0.5, 0.6) is 0 Å². The number of aliphatic carboxylic acids is 1. The Morgan fingerprint density at radius 1 is 0.886 bits per heavy atom. The minimum atomic E-state index is -0.895. The summed E-state index contributed by atoms with van der Waals surface area (Å²) in [6.07, 6.45) is 0. The Labute approximate surface area is 215 Å². The van der Waals surface area contributed by atoms with E-state index in [4.69, 9.17) is 0 Å². The first kappa shape index (κ1) is 25.0. The zero-order valence-electron chi connectivity index (χ0n) is 20.1. The molecule has 0 aliphatic carbocycles. The highest BCUT2D eigenvalue weighted by atomic mass is 32.2. The van der Waals surface area contributed by atoms with Crippen LogP contribution < -0.4 is 5.32 Å². The maximum absolute atomic E-state index is 12.3. The molecular formula is C29H30N2O2S2. The number of thioether (sulfide) groups is 1. The fourth-order valence-electron chi connectivity index (χ4n) is 3.99. The van der Waals surface area contributed by atoms with Crippen molar-refractivity contribution >= 4 is 34.2 Å². The summed E-state index contributed by atoms with van der Waals surface area (Å²) in [5.74, 6) is -0.550. The van der Waals surface area contributed by atoms with Crippen LogP contribution in [-0.4, -0.2) is 27.9 Å². The largest absolute Gasteiger partial charge is 0.480 e. The number of aromatic nitrogens is 1. The van der Waals surface area contributed by atoms with E-state index < -0.39 is 16.8 Å². The Balaban J connectivity index is 1.73. The van der Waals surface area contributed by atoms with Gasteiger partial charge in [0.1, 0.15) is 6.04 Å². The molecule has 0 aliphatic rings. The van der Waals surface area contributed by atoms with Crippen molar-refractivity contribution in [2.24, 2.45) is 0 Å². The first-order valence-corrected chi connectivity index (χ1v) is 13.4. The van der Waals surface area contributed by atoms with Crippen molar-refractivity contribution < 1.29 is 9.90 Å². The molecule has 35 heavy (non-hydrogen) atoms. The lowest BCUT2D eigenvalue weighted by Crippen LogP contribution is -2.35. The van der Waals surface area contributed by atoms with Gasteiger partial charge in [0.25, 0.3) is 0 Å². The number of nitrogens with one attached hydrogen (secondary N) is 1. The summed E-state index contributed by atoms with van der Waals surface area (Å²) in [7, 11) is 0. The molecule has 0 bridgehead atoms. The van der Waals surface area contributed by atoms with Gasteiger partial charge >= 0.3 is 5.97 Å². The van der Waals surface area contributed by atoms with Gasteiger partial charge < -0.3 is 10.4 Å². The average Bonchev–Trinajstić information content (AvgIpc) is 3.35. The van der Waals surface area contributed by atoms with E-state index in [0.717, 1.165) is 22.4 Å². The van der Waals surface area contributed by atoms with E-state index in [1.54, 1.807) is 11.8 Å². The van der Waals surface area contributed by atoms with Crippen LogP contribution in [0, 0.1) is 0 Å². The summed E-state index contributed by atoms with van der Waals surface area (Å²) >= 11 is 3.08. The third-order valence-electron chi connectivity index (χ3n) is 5.88. The van der Waals surface area contributed by atoms with Crippen molar-refractivity contribution in [1.82, 2.24) is 4.98 Å². The lowest BCUT2D eigenvalue weighted by atomic mass is 9.84. The molecule has 3 aromatic carbocycles. The zero-order chi connectivity index (χ0) is 24.9. The van der Waals surface area contributed by atoms with E-state index in [1.165, 1.54) is 11.3 Å². The standard InChI is InChI=1S/C29H30N2O2S2/c1-28(2,3)25-20-34-27(31-25)30-24(26(32)33)19-35-29(21-13-7-4-8-14-21,22-15-9-5-10-16-22)23-17-11-6-12-18-23/h4-18,20,24H,19H2,1-3H3,(H,30,31)(H,32,33)/t24-/m0/s1. The molecule has 0 spiro atoms. The van der Waals surface area contributed by atoms with Gasteiger partial charge in [0.2, 0.25) is 0 Å². The molecule has 4 rings (SSSR count). The van der Waals surface area contributed by atoms with Crippen molar-refractivity contribution in [2.75, 3.05) is 11.1 Å². The molecule has 1 aromatic heterocycles. The normalized spacial score (nSPS) is 12.8. The quantitative estimate of drug-likeness (QED) is 0.241. The first-order valence-electron chi connectivity index (χ1n) is 11.6. The molecule has 4 aromatic rings. The number of carboxylic acid groups (broad SMARTS) is 1. The Hall–Kier alpha value is -3.09. The van der Waals surface area contributed by atoms with Crippen molar-refractivity contribution in [2.45, 2.75) is 37.0 Å². The van der Waals surface area contributed by atoms with Gasteiger partial charge in [-0.2, -0.15) is 0 Å². The van der Waals surface area contributed by atoms with E-state index in [1.807, 2.05) is 60.0 Å². The lowest BCUT2D eigenvalue weighted by Gasteiger charge is -2.36. The van der Waals surface area contributed by atoms with Crippen LogP contribution >= 0.6 is 23.1 Å². The fourth-order valence-corrected chi connectivity index (χ4v) is 6.53. The smallest absolute Gasteiger partial charge is 0.327 e. The Morgan fingerprint density at radius 3 is 1.71 bits per heavy atom. The molecular weight excluding hydrogens is 472 g/mol. The fraction of sp³-hybridized carbons (Fsp3) is 0.241.